The molecule has 27 heavy (non-hydrogen) atoms. The van der Waals surface area contributed by atoms with Gasteiger partial charge in [0.15, 0.2) is 5.58 Å². The van der Waals surface area contributed by atoms with Gasteiger partial charge >= 0.3 is 0 Å². The van der Waals surface area contributed by atoms with E-state index in [0.717, 1.165) is 5.39 Å². The molecule has 0 spiro atoms. The molecule has 4 rings (SSSR count). The number of hydrogen-bond acceptors (Lipinski definition) is 7. The van der Waals surface area contributed by atoms with Crippen molar-refractivity contribution in [3.63, 3.8) is 0 Å². The Morgan fingerprint density at radius 1 is 1.26 bits per heavy atom. The van der Waals surface area contributed by atoms with Crippen molar-refractivity contribution in [1.82, 2.24) is 24.8 Å². The van der Waals surface area contributed by atoms with E-state index >= 15 is 0 Å². The number of nitrogens with zero attached hydrogens (tertiary/aromatic N) is 5. The molecule has 1 amide bonds. The number of carbonyl (C=O) groups excluding carboxylic acids is 1. The predicted molar refractivity (Wildman–Crippen MR) is 95.5 cm³/mol. The van der Waals surface area contributed by atoms with Crippen LogP contribution in [-0.4, -0.2) is 57.5 Å². The predicted octanol–water partition coefficient (Wildman–Crippen LogP) is 0.964. The second-order valence-electron chi connectivity index (χ2n) is 6.65. The summed E-state index contributed by atoms with van der Waals surface area (Å²) in [6.45, 7) is 0.771. The number of sulfone groups is 1. The molecule has 0 saturated carbocycles. The molecule has 0 N–H and O–H groups in total. The first-order chi connectivity index (χ1) is 13.0. The zero-order valence-corrected chi connectivity index (χ0v) is 15.6. The highest BCUT2D eigenvalue weighted by Gasteiger charge is 2.35. The quantitative estimate of drug-likeness (QED) is 0.653. The van der Waals surface area contributed by atoms with E-state index in [2.05, 4.69) is 15.4 Å². The summed E-state index contributed by atoms with van der Waals surface area (Å²) in [5, 5.41) is 11.6. The van der Waals surface area contributed by atoms with Crippen molar-refractivity contribution in [3.05, 3.63) is 36.3 Å². The molecule has 0 atom stereocenters. The van der Waals surface area contributed by atoms with E-state index in [1.165, 1.54) is 10.9 Å². The van der Waals surface area contributed by atoms with Crippen LogP contribution in [0.3, 0.4) is 0 Å². The van der Waals surface area contributed by atoms with Crippen molar-refractivity contribution >= 4 is 26.7 Å². The average molecular weight is 389 g/mol. The highest BCUT2D eigenvalue weighted by molar-refractivity contribution is 7.91. The van der Waals surface area contributed by atoms with Crippen LogP contribution in [0.25, 0.3) is 11.0 Å². The Balaban J connectivity index is 1.42. The minimum absolute atomic E-state index is 0.0265. The number of fused-ring (bicyclic) bond motifs is 1. The summed E-state index contributed by atoms with van der Waals surface area (Å²) in [6, 6.07) is 7.39. The van der Waals surface area contributed by atoms with E-state index in [1.807, 2.05) is 18.2 Å². The molecular weight excluding hydrogens is 370 g/mol. The Morgan fingerprint density at radius 2 is 2.00 bits per heavy atom. The number of benzene rings is 1. The molecular formula is C17H19N5O4S. The Hall–Kier alpha value is -2.75. The van der Waals surface area contributed by atoms with Gasteiger partial charge in [-0.1, -0.05) is 17.3 Å². The van der Waals surface area contributed by atoms with E-state index in [0.29, 0.717) is 37.2 Å². The van der Waals surface area contributed by atoms with Crippen LogP contribution < -0.4 is 0 Å². The second-order valence-corrected chi connectivity index (χ2v) is 8.77. The zero-order chi connectivity index (χ0) is 19.0. The monoisotopic (exact) mass is 389 g/mol. The van der Waals surface area contributed by atoms with Crippen molar-refractivity contribution in [2.24, 2.45) is 7.05 Å². The normalized spacial score (nSPS) is 16.1. The Labute approximate surface area is 155 Å². The van der Waals surface area contributed by atoms with Crippen LogP contribution in [0.1, 0.15) is 18.5 Å². The van der Waals surface area contributed by atoms with Gasteiger partial charge in [-0.05, 0) is 25.0 Å². The van der Waals surface area contributed by atoms with Crippen LogP contribution in [0, 0.1) is 0 Å². The highest BCUT2D eigenvalue weighted by Crippen LogP contribution is 2.24. The number of carbonyl (C=O) groups is 1. The van der Waals surface area contributed by atoms with E-state index in [-0.39, 0.29) is 17.5 Å². The lowest BCUT2D eigenvalue weighted by atomic mass is 10.1. The van der Waals surface area contributed by atoms with E-state index in [9.17, 15) is 13.2 Å². The maximum absolute atomic E-state index is 12.7. The van der Waals surface area contributed by atoms with Crippen LogP contribution in [0.5, 0.6) is 0 Å². The third kappa shape index (κ3) is 3.20. The summed E-state index contributed by atoms with van der Waals surface area (Å²) in [5.74, 6) is -0.0800. The lowest BCUT2D eigenvalue weighted by Gasteiger charge is -2.31. The summed E-state index contributed by atoms with van der Waals surface area (Å²) < 4.78 is 32.0. The highest BCUT2D eigenvalue weighted by atomic mass is 32.2. The first-order valence-corrected chi connectivity index (χ1v) is 10.2. The number of aromatic nitrogens is 4. The topological polar surface area (TPSA) is 111 Å². The van der Waals surface area contributed by atoms with Gasteiger partial charge in [0.2, 0.25) is 20.9 Å². The minimum Gasteiger partial charge on any atom is -0.356 e. The molecule has 1 aromatic carbocycles. The van der Waals surface area contributed by atoms with Gasteiger partial charge < -0.3 is 14.0 Å². The summed E-state index contributed by atoms with van der Waals surface area (Å²) in [4.78, 5) is 14.3. The van der Waals surface area contributed by atoms with Gasteiger partial charge in [-0.2, -0.15) is 0 Å². The van der Waals surface area contributed by atoms with Crippen LogP contribution in [0.15, 0.2) is 40.3 Å². The molecule has 3 heterocycles. The molecule has 0 aliphatic carbocycles. The van der Waals surface area contributed by atoms with Gasteiger partial charge in [0.05, 0.1) is 11.7 Å². The third-order valence-electron chi connectivity index (χ3n) is 4.93. The van der Waals surface area contributed by atoms with Gasteiger partial charge in [0.1, 0.15) is 12.0 Å². The molecule has 0 bridgehead atoms. The molecule has 9 nitrogen and oxygen atoms in total. The zero-order valence-electron chi connectivity index (χ0n) is 14.8. The third-order valence-corrected chi connectivity index (χ3v) is 7.16. The van der Waals surface area contributed by atoms with Crippen molar-refractivity contribution in [2.75, 3.05) is 13.1 Å². The Kier molecular flexibility index (Phi) is 4.42. The van der Waals surface area contributed by atoms with Crippen molar-refractivity contribution in [2.45, 2.75) is 29.7 Å². The second kappa shape index (κ2) is 6.76. The van der Waals surface area contributed by atoms with E-state index in [1.54, 1.807) is 18.0 Å². The maximum Gasteiger partial charge on any atom is 0.249 e. The van der Waals surface area contributed by atoms with Crippen molar-refractivity contribution in [3.8, 4) is 0 Å². The fraction of sp³-hybridized carbons (Fsp3) is 0.412. The molecule has 142 valence electrons. The van der Waals surface area contributed by atoms with E-state index in [4.69, 9.17) is 4.52 Å². The number of para-hydroxylation sites is 1. The standard InChI is InChI=1S/C17H19N5O4S/c1-21-11-18-19-17(21)27(24,25)12-6-8-22(9-7-12)16(23)10-14-13-4-2-3-5-15(13)26-20-14/h2-5,11-12H,6-10H2,1H3. The fourth-order valence-corrected chi connectivity index (χ4v) is 5.15. The van der Waals surface area contributed by atoms with Crippen LogP contribution >= 0.6 is 0 Å². The summed E-state index contributed by atoms with van der Waals surface area (Å²) in [7, 11) is -1.95. The number of rotatable bonds is 4. The molecule has 1 aliphatic rings. The summed E-state index contributed by atoms with van der Waals surface area (Å²) in [6.07, 6.45) is 2.26. The number of amides is 1. The van der Waals surface area contributed by atoms with Crippen LogP contribution in [0.4, 0.5) is 0 Å². The number of aryl methyl sites for hydroxylation is 1. The minimum atomic E-state index is -3.55. The summed E-state index contributed by atoms with van der Waals surface area (Å²) in [5.41, 5.74) is 1.25. The lowest BCUT2D eigenvalue weighted by molar-refractivity contribution is -0.131. The number of piperidine rings is 1. The van der Waals surface area contributed by atoms with Crippen LogP contribution in [0.2, 0.25) is 0 Å². The molecule has 1 fully saturated rings. The van der Waals surface area contributed by atoms with Crippen LogP contribution in [-0.2, 0) is 28.1 Å². The lowest BCUT2D eigenvalue weighted by Crippen LogP contribution is -2.43. The molecule has 3 aromatic rings. The van der Waals surface area contributed by atoms with Gasteiger partial charge in [-0.15, -0.1) is 10.2 Å². The smallest absolute Gasteiger partial charge is 0.249 e. The Bertz CT molecular complexity index is 1080. The number of hydrogen-bond donors (Lipinski definition) is 0. The average Bonchev–Trinajstić information content (AvgIpc) is 3.29. The largest absolute Gasteiger partial charge is 0.356 e. The molecule has 1 saturated heterocycles. The van der Waals surface area contributed by atoms with Gasteiger partial charge in [-0.3, -0.25) is 4.79 Å². The Morgan fingerprint density at radius 3 is 2.70 bits per heavy atom. The fourth-order valence-electron chi connectivity index (χ4n) is 3.42. The van der Waals surface area contributed by atoms with Gasteiger partial charge in [-0.25, -0.2) is 8.42 Å². The molecule has 0 radical (unpaired) electrons. The van der Waals surface area contributed by atoms with Gasteiger partial charge in [0.25, 0.3) is 0 Å². The van der Waals surface area contributed by atoms with Crippen molar-refractivity contribution in [1.29, 1.82) is 0 Å². The first-order valence-electron chi connectivity index (χ1n) is 8.66. The molecule has 0 unspecified atom stereocenters. The van der Waals surface area contributed by atoms with E-state index < -0.39 is 15.1 Å². The summed E-state index contributed by atoms with van der Waals surface area (Å²) >= 11 is 0. The molecule has 2 aromatic heterocycles. The molecule has 10 heteroatoms. The molecule has 1 aliphatic heterocycles. The van der Waals surface area contributed by atoms with Gasteiger partial charge in [0, 0.05) is 25.5 Å². The van der Waals surface area contributed by atoms with Crippen molar-refractivity contribution < 1.29 is 17.7 Å². The maximum atomic E-state index is 12.7. The first kappa shape index (κ1) is 17.7. The SMILES string of the molecule is Cn1cnnc1S(=O)(=O)C1CCN(C(=O)Cc2noc3ccccc23)CC1. The number of likely N-dealkylation sites (tertiary alicyclic amines) is 1.